The Morgan fingerprint density at radius 2 is 1.63 bits per heavy atom. The van der Waals surface area contributed by atoms with Crippen molar-refractivity contribution in [2.75, 3.05) is 13.2 Å². The van der Waals surface area contributed by atoms with Crippen LogP contribution >= 0.6 is 0 Å². The molecule has 0 unspecified atom stereocenters. The number of rotatable bonds is 12. The molecule has 0 saturated heterocycles. The number of aromatic hydroxyl groups is 1. The third-order valence-electron chi connectivity index (χ3n) is 4.57. The molecule has 7 heteroatoms. The Morgan fingerprint density at radius 1 is 0.933 bits per heavy atom. The van der Waals surface area contributed by atoms with Crippen molar-refractivity contribution in [3.8, 4) is 17.2 Å². The van der Waals surface area contributed by atoms with Gasteiger partial charge in [-0.15, -0.1) is 0 Å². The van der Waals surface area contributed by atoms with Crippen LogP contribution in [0.2, 0.25) is 0 Å². The fourth-order valence-electron chi connectivity index (χ4n) is 3.15. The molecule has 2 aromatic rings. The van der Waals surface area contributed by atoms with Gasteiger partial charge in [-0.05, 0) is 48.1 Å². The topological polar surface area (TPSA) is 76.0 Å². The maximum Gasteiger partial charge on any atom is 0.303 e. The third-order valence-corrected chi connectivity index (χ3v) is 4.57. The van der Waals surface area contributed by atoms with Crippen molar-refractivity contribution in [3.05, 3.63) is 53.1 Å². The van der Waals surface area contributed by atoms with E-state index in [4.69, 9.17) is 14.6 Å². The van der Waals surface area contributed by atoms with E-state index in [1.807, 2.05) is 24.3 Å². The second-order valence-electron chi connectivity index (χ2n) is 6.73. The Hall–Kier alpha value is -0.690. The van der Waals surface area contributed by atoms with Crippen molar-refractivity contribution < 1.29 is 24.5 Å². The van der Waals surface area contributed by atoms with Gasteiger partial charge in [0.05, 0.1) is 13.2 Å². The summed E-state index contributed by atoms with van der Waals surface area (Å²) in [5, 5.41) is 18.6. The SMILES string of the molecule is CCCc1c(CCC(=O)O)cccc1OCCCOc1cc(O)ccc1CC.[Na].[Na]. The number of aryl methyl sites for hydroxylation is 2. The molecule has 0 aromatic heterocycles. The van der Waals surface area contributed by atoms with Gasteiger partial charge in [0.25, 0.3) is 0 Å². The number of carbonyl (C=O) groups is 1. The van der Waals surface area contributed by atoms with E-state index >= 15 is 0 Å². The number of ether oxygens (including phenoxy) is 2. The fourth-order valence-corrected chi connectivity index (χ4v) is 3.15. The zero-order valence-electron chi connectivity index (χ0n) is 18.7. The Bertz CT molecular complexity index is 780. The van der Waals surface area contributed by atoms with Crippen molar-refractivity contribution >= 4 is 65.1 Å². The van der Waals surface area contributed by atoms with Crippen LogP contribution in [-0.4, -0.2) is 88.5 Å². The summed E-state index contributed by atoms with van der Waals surface area (Å²) in [5.41, 5.74) is 3.22. The average Bonchev–Trinajstić information content (AvgIpc) is 2.68. The maximum atomic E-state index is 10.9. The van der Waals surface area contributed by atoms with Crippen molar-refractivity contribution in [2.45, 2.75) is 52.4 Å². The first-order valence-electron chi connectivity index (χ1n) is 9.95. The molecule has 0 bridgehead atoms. The van der Waals surface area contributed by atoms with Gasteiger partial charge in [0.15, 0.2) is 0 Å². The smallest absolute Gasteiger partial charge is 0.303 e. The van der Waals surface area contributed by atoms with Crippen LogP contribution < -0.4 is 9.47 Å². The molecule has 2 aromatic carbocycles. The van der Waals surface area contributed by atoms with Crippen LogP contribution in [0, 0.1) is 0 Å². The second-order valence-corrected chi connectivity index (χ2v) is 6.73. The summed E-state index contributed by atoms with van der Waals surface area (Å²) in [6.07, 6.45) is 4.03. The van der Waals surface area contributed by atoms with Crippen LogP contribution in [0.4, 0.5) is 0 Å². The molecule has 2 radical (unpaired) electrons. The molecule has 0 atom stereocenters. The van der Waals surface area contributed by atoms with E-state index in [2.05, 4.69) is 13.8 Å². The number of aliphatic carboxylic acids is 1. The summed E-state index contributed by atoms with van der Waals surface area (Å²) in [5.74, 6) is 0.955. The van der Waals surface area contributed by atoms with E-state index in [1.165, 1.54) is 0 Å². The van der Waals surface area contributed by atoms with Crippen LogP contribution in [0.5, 0.6) is 17.2 Å². The van der Waals surface area contributed by atoms with Crippen molar-refractivity contribution in [1.29, 1.82) is 0 Å². The predicted octanol–water partition coefficient (Wildman–Crippen LogP) is 4.01. The summed E-state index contributed by atoms with van der Waals surface area (Å²) >= 11 is 0. The number of phenols is 1. The maximum absolute atomic E-state index is 10.9. The van der Waals surface area contributed by atoms with Gasteiger partial charge in [-0.3, -0.25) is 4.79 Å². The van der Waals surface area contributed by atoms with Crippen LogP contribution in [0.25, 0.3) is 0 Å². The normalized spacial score (nSPS) is 9.93. The predicted molar refractivity (Wildman–Crippen MR) is 121 cm³/mol. The Kier molecular flexibility index (Phi) is 15.6. The molecule has 0 amide bonds. The van der Waals surface area contributed by atoms with E-state index in [0.717, 1.165) is 41.7 Å². The molecule has 0 aliphatic carbocycles. The van der Waals surface area contributed by atoms with Gasteiger partial charge in [0, 0.05) is 78.0 Å². The van der Waals surface area contributed by atoms with Gasteiger partial charge in [0.1, 0.15) is 17.2 Å². The molecule has 154 valence electrons. The van der Waals surface area contributed by atoms with Crippen molar-refractivity contribution in [2.24, 2.45) is 0 Å². The first-order chi connectivity index (χ1) is 13.5. The Labute approximate surface area is 223 Å². The summed E-state index contributed by atoms with van der Waals surface area (Å²) in [4.78, 5) is 10.9. The summed E-state index contributed by atoms with van der Waals surface area (Å²) in [6, 6.07) is 11.0. The van der Waals surface area contributed by atoms with Crippen molar-refractivity contribution in [3.63, 3.8) is 0 Å². The van der Waals surface area contributed by atoms with Crippen LogP contribution in [0.3, 0.4) is 0 Å². The van der Waals surface area contributed by atoms with Gasteiger partial charge in [-0.2, -0.15) is 0 Å². The van der Waals surface area contributed by atoms with Gasteiger partial charge in [0.2, 0.25) is 0 Å². The number of carboxylic acids is 1. The summed E-state index contributed by atoms with van der Waals surface area (Å²) in [6.45, 7) is 5.17. The minimum Gasteiger partial charge on any atom is -0.508 e. The molecule has 0 heterocycles. The van der Waals surface area contributed by atoms with E-state index in [1.54, 1.807) is 12.1 Å². The van der Waals surface area contributed by atoms with Crippen molar-refractivity contribution in [1.82, 2.24) is 0 Å². The van der Waals surface area contributed by atoms with Gasteiger partial charge in [-0.1, -0.05) is 38.5 Å². The first-order valence-corrected chi connectivity index (χ1v) is 9.95. The summed E-state index contributed by atoms with van der Waals surface area (Å²) < 4.78 is 11.8. The summed E-state index contributed by atoms with van der Waals surface area (Å²) in [7, 11) is 0. The minimum atomic E-state index is -0.788. The standard InChI is InChI=1S/C23H30O5.2Na/c1-3-7-20-18(11-13-23(25)26)8-5-9-21(20)27-14-6-15-28-22-16-19(24)12-10-17(22)4-2;;/h5,8-10,12,16,24H,3-4,6-7,11,13-15H2,1-2H3,(H,25,26);;. The molecule has 2 N–H and O–H groups in total. The van der Waals surface area contributed by atoms with Gasteiger partial charge < -0.3 is 19.7 Å². The van der Waals surface area contributed by atoms with E-state index in [0.29, 0.717) is 31.8 Å². The molecule has 2 rings (SSSR count). The van der Waals surface area contributed by atoms with Crippen LogP contribution in [-0.2, 0) is 24.1 Å². The molecule has 0 aliphatic rings. The average molecular weight is 432 g/mol. The monoisotopic (exact) mass is 432 g/mol. The van der Waals surface area contributed by atoms with E-state index in [-0.39, 0.29) is 71.3 Å². The Morgan fingerprint density at radius 3 is 2.27 bits per heavy atom. The van der Waals surface area contributed by atoms with E-state index in [9.17, 15) is 9.90 Å². The van der Waals surface area contributed by atoms with Gasteiger partial charge >= 0.3 is 5.97 Å². The number of hydrogen-bond acceptors (Lipinski definition) is 4. The molecule has 30 heavy (non-hydrogen) atoms. The number of carboxylic acid groups (broad SMARTS) is 1. The fraction of sp³-hybridized carbons (Fsp3) is 0.435. The molecular formula is C23H30Na2O5. The molecule has 5 nitrogen and oxygen atoms in total. The molecular weight excluding hydrogens is 402 g/mol. The number of phenolic OH excluding ortho intramolecular Hbond substituents is 1. The number of benzene rings is 2. The zero-order valence-corrected chi connectivity index (χ0v) is 22.7. The third kappa shape index (κ3) is 9.63. The van der Waals surface area contributed by atoms with Gasteiger partial charge in [-0.25, -0.2) is 0 Å². The Balaban J connectivity index is 0.00000420. The molecule has 0 fully saturated rings. The first kappa shape index (κ1) is 29.3. The van der Waals surface area contributed by atoms with Crippen LogP contribution in [0.15, 0.2) is 36.4 Å². The molecule has 0 saturated carbocycles. The largest absolute Gasteiger partial charge is 0.508 e. The number of hydrogen-bond donors (Lipinski definition) is 2. The minimum absolute atomic E-state index is 0. The zero-order chi connectivity index (χ0) is 20.4. The molecule has 0 spiro atoms. The molecule has 0 aliphatic heterocycles. The second kappa shape index (κ2) is 16.0. The van der Waals surface area contributed by atoms with Crippen LogP contribution in [0.1, 0.15) is 49.8 Å². The quantitative estimate of drug-likeness (QED) is 0.392. The van der Waals surface area contributed by atoms with E-state index < -0.39 is 5.97 Å².